The number of aryl methyl sites for hydroxylation is 1. The molecular formula is C13H19N3. The lowest BCUT2D eigenvalue weighted by Crippen LogP contribution is -2.22. The van der Waals surface area contributed by atoms with Gasteiger partial charge in [-0.05, 0) is 31.7 Å². The Morgan fingerprint density at radius 3 is 2.94 bits per heavy atom. The van der Waals surface area contributed by atoms with Crippen molar-refractivity contribution in [3.63, 3.8) is 0 Å². The third-order valence-corrected chi connectivity index (χ3v) is 3.40. The maximum atomic E-state index is 6.03. The van der Waals surface area contributed by atoms with Crippen LogP contribution in [0.4, 0.5) is 11.5 Å². The first-order valence-corrected chi connectivity index (χ1v) is 5.72. The number of hydrogen-bond donors (Lipinski definition) is 1. The van der Waals surface area contributed by atoms with Crippen LogP contribution in [0.15, 0.2) is 18.9 Å². The zero-order valence-corrected chi connectivity index (χ0v) is 10.0. The molecule has 3 nitrogen and oxygen atoms in total. The fourth-order valence-electron chi connectivity index (χ4n) is 2.23. The van der Waals surface area contributed by atoms with E-state index < -0.39 is 0 Å². The van der Waals surface area contributed by atoms with Gasteiger partial charge in [-0.2, -0.15) is 0 Å². The summed E-state index contributed by atoms with van der Waals surface area (Å²) in [5, 5.41) is 0. The lowest BCUT2D eigenvalue weighted by atomic mass is 10.1. The molecule has 0 aliphatic carbocycles. The molecule has 0 spiro atoms. The van der Waals surface area contributed by atoms with Gasteiger partial charge >= 0.3 is 0 Å². The summed E-state index contributed by atoms with van der Waals surface area (Å²) < 4.78 is 0. The van der Waals surface area contributed by atoms with Crippen LogP contribution in [0.5, 0.6) is 0 Å². The molecule has 1 aliphatic rings. The first-order chi connectivity index (χ1) is 7.63. The summed E-state index contributed by atoms with van der Waals surface area (Å²) in [5.74, 6) is 1.62. The van der Waals surface area contributed by atoms with Gasteiger partial charge in [-0.1, -0.05) is 6.08 Å². The molecule has 0 amide bonds. The summed E-state index contributed by atoms with van der Waals surface area (Å²) in [4.78, 5) is 6.80. The third kappa shape index (κ3) is 1.77. The Balaban J connectivity index is 2.28. The minimum atomic E-state index is 0.587. The highest BCUT2D eigenvalue weighted by Crippen LogP contribution is 2.29. The summed E-state index contributed by atoms with van der Waals surface area (Å²) in [7, 11) is 0. The predicted molar refractivity (Wildman–Crippen MR) is 68.6 cm³/mol. The lowest BCUT2D eigenvalue weighted by molar-refractivity contribution is 0.740. The van der Waals surface area contributed by atoms with Gasteiger partial charge in [0, 0.05) is 30.5 Å². The lowest BCUT2D eigenvalue weighted by Gasteiger charge is -2.20. The average molecular weight is 217 g/mol. The van der Waals surface area contributed by atoms with Crippen LogP contribution in [0.2, 0.25) is 0 Å². The van der Waals surface area contributed by atoms with E-state index in [4.69, 9.17) is 5.73 Å². The average Bonchev–Trinajstić information content (AvgIpc) is 2.74. The number of nitrogen functional groups attached to an aromatic ring is 1. The van der Waals surface area contributed by atoms with E-state index in [0.717, 1.165) is 35.7 Å². The van der Waals surface area contributed by atoms with Crippen LogP contribution in [0.1, 0.15) is 17.5 Å². The van der Waals surface area contributed by atoms with Crippen molar-refractivity contribution in [1.29, 1.82) is 0 Å². The standard InChI is InChI=1S/C13H19N3/c1-4-11-5-6-16(8-11)13-10(3)12(14)9(2)7-15-13/h4,7,11H,1,5-6,8H2,2-3H3,(H2,14,15). The van der Waals surface area contributed by atoms with Crippen LogP contribution in [-0.4, -0.2) is 18.1 Å². The van der Waals surface area contributed by atoms with Crippen molar-refractivity contribution in [3.05, 3.63) is 30.0 Å². The minimum Gasteiger partial charge on any atom is -0.398 e. The van der Waals surface area contributed by atoms with E-state index in [9.17, 15) is 0 Å². The van der Waals surface area contributed by atoms with Crippen molar-refractivity contribution in [2.75, 3.05) is 23.7 Å². The van der Waals surface area contributed by atoms with E-state index in [-0.39, 0.29) is 0 Å². The van der Waals surface area contributed by atoms with Gasteiger partial charge in [-0.3, -0.25) is 0 Å². The number of nitrogens with zero attached hydrogens (tertiary/aromatic N) is 2. The van der Waals surface area contributed by atoms with Crippen molar-refractivity contribution in [3.8, 4) is 0 Å². The molecule has 16 heavy (non-hydrogen) atoms. The SMILES string of the molecule is C=CC1CCN(c2ncc(C)c(N)c2C)C1. The molecule has 1 atom stereocenters. The molecule has 0 radical (unpaired) electrons. The van der Waals surface area contributed by atoms with Crippen LogP contribution >= 0.6 is 0 Å². The highest BCUT2D eigenvalue weighted by molar-refractivity contribution is 5.63. The number of rotatable bonds is 2. The fraction of sp³-hybridized carbons (Fsp3) is 0.462. The summed E-state index contributed by atoms with van der Waals surface area (Å²) in [6, 6.07) is 0. The number of aromatic nitrogens is 1. The monoisotopic (exact) mass is 217 g/mol. The molecule has 1 aromatic rings. The van der Waals surface area contributed by atoms with Crippen LogP contribution in [0, 0.1) is 19.8 Å². The largest absolute Gasteiger partial charge is 0.398 e. The Bertz CT molecular complexity index is 412. The van der Waals surface area contributed by atoms with Gasteiger partial charge in [0.05, 0.1) is 0 Å². The zero-order chi connectivity index (χ0) is 11.7. The van der Waals surface area contributed by atoms with Crippen LogP contribution < -0.4 is 10.6 Å². The molecule has 86 valence electrons. The van der Waals surface area contributed by atoms with Gasteiger partial charge in [-0.15, -0.1) is 6.58 Å². The first kappa shape index (κ1) is 11.0. The van der Waals surface area contributed by atoms with E-state index in [1.165, 1.54) is 6.42 Å². The van der Waals surface area contributed by atoms with E-state index in [1.807, 2.05) is 26.1 Å². The van der Waals surface area contributed by atoms with Gasteiger partial charge in [0.25, 0.3) is 0 Å². The van der Waals surface area contributed by atoms with Crippen LogP contribution in [-0.2, 0) is 0 Å². The second-order valence-electron chi connectivity index (χ2n) is 4.53. The smallest absolute Gasteiger partial charge is 0.133 e. The van der Waals surface area contributed by atoms with Crippen molar-refractivity contribution in [1.82, 2.24) is 4.98 Å². The second kappa shape index (κ2) is 4.16. The highest BCUT2D eigenvalue weighted by Gasteiger charge is 2.23. The van der Waals surface area contributed by atoms with Crippen molar-refractivity contribution >= 4 is 11.5 Å². The molecule has 1 fully saturated rings. The van der Waals surface area contributed by atoms with Gasteiger partial charge in [0.1, 0.15) is 5.82 Å². The summed E-state index contributed by atoms with van der Waals surface area (Å²) >= 11 is 0. The van der Waals surface area contributed by atoms with Gasteiger partial charge in [0.2, 0.25) is 0 Å². The third-order valence-electron chi connectivity index (χ3n) is 3.40. The van der Waals surface area contributed by atoms with E-state index in [1.54, 1.807) is 0 Å². The van der Waals surface area contributed by atoms with Crippen molar-refractivity contribution < 1.29 is 0 Å². The second-order valence-corrected chi connectivity index (χ2v) is 4.53. The maximum Gasteiger partial charge on any atom is 0.133 e. The summed E-state index contributed by atoms with van der Waals surface area (Å²) in [5.41, 5.74) is 9.06. The first-order valence-electron chi connectivity index (χ1n) is 5.72. The number of pyridine rings is 1. The van der Waals surface area contributed by atoms with Gasteiger partial charge < -0.3 is 10.6 Å². The normalized spacial score (nSPS) is 20.1. The molecule has 1 aliphatic heterocycles. The quantitative estimate of drug-likeness (QED) is 0.773. The molecule has 0 saturated carbocycles. The molecule has 1 aromatic heterocycles. The Hall–Kier alpha value is -1.51. The van der Waals surface area contributed by atoms with E-state index in [0.29, 0.717) is 5.92 Å². The summed E-state index contributed by atoms with van der Waals surface area (Å²) in [6.07, 6.45) is 5.06. The molecule has 2 heterocycles. The summed E-state index contributed by atoms with van der Waals surface area (Å²) in [6.45, 7) is 9.96. The van der Waals surface area contributed by atoms with Crippen LogP contribution in [0.3, 0.4) is 0 Å². The van der Waals surface area contributed by atoms with E-state index in [2.05, 4.69) is 16.5 Å². The number of nitrogens with two attached hydrogens (primary N) is 1. The molecule has 2 rings (SSSR count). The Labute approximate surface area is 97.0 Å². The number of anilines is 2. The molecule has 3 heteroatoms. The molecule has 1 saturated heterocycles. The fourth-order valence-corrected chi connectivity index (χ4v) is 2.23. The Morgan fingerprint density at radius 2 is 2.31 bits per heavy atom. The molecule has 0 aromatic carbocycles. The Morgan fingerprint density at radius 1 is 1.56 bits per heavy atom. The van der Waals surface area contributed by atoms with Crippen molar-refractivity contribution in [2.24, 2.45) is 5.92 Å². The van der Waals surface area contributed by atoms with Gasteiger partial charge in [0.15, 0.2) is 0 Å². The maximum absolute atomic E-state index is 6.03. The topological polar surface area (TPSA) is 42.2 Å². The van der Waals surface area contributed by atoms with Gasteiger partial charge in [-0.25, -0.2) is 4.98 Å². The van der Waals surface area contributed by atoms with Crippen LogP contribution in [0.25, 0.3) is 0 Å². The zero-order valence-electron chi connectivity index (χ0n) is 10.0. The Kier molecular flexibility index (Phi) is 2.86. The van der Waals surface area contributed by atoms with Crippen molar-refractivity contribution in [2.45, 2.75) is 20.3 Å². The number of hydrogen-bond acceptors (Lipinski definition) is 3. The molecule has 1 unspecified atom stereocenters. The van der Waals surface area contributed by atoms with E-state index >= 15 is 0 Å². The molecular weight excluding hydrogens is 198 g/mol. The minimum absolute atomic E-state index is 0.587. The molecule has 2 N–H and O–H groups in total. The predicted octanol–water partition coefficient (Wildman–Crippen LogP) is 2.29. The molecule has 0 bridgehead atoms. The highest BCUT2D eigenvalue weighted by atomic mass is 15.2.